The Bertz CT molecular complexity index is 1290. The third-order valence-electron chi connectivity index (χ3n) is 5.73. The van der Waals surface area contributed by atoms with Crippen LogP contribution in [0.15, 0.2) is 36.4 Å². The number of nitro groups is 1. The monoisotopic (exact) mass is 518 g/mol. The zero-order valence-corrected chi connectivity index (χ0v) is 20.6. The number of methoxy groups -OCH3 is 2. The van der Waals surface area contributed by atoms with Crippen LogP contribution in [0, 0.1) is 10.1 Å². The van der Waals surface area contributed by atoms with Gasteiger partial charge < -0.3 is 19.7 Å². The van der Waals surface area contributed by atoms with Crippen LogP contribution in [-0.4, -0.2) is 73.5 Å². The number of halogens is 1. The lowest BCUT2D eigenvalue weighted by molar-refractivity contribution is -0.384. The van der Waals surface area contributed by atoms with Gasteiger partial charge in [0.05, 0.1) is 36.4 Å². The van der Waals surface area contributed by atoms with E-state index >= 15 is 0 Å². The van der Waals surface area contributed by atoms with Crippen LogP contribution in [0.2, 0.25) is 5.02 Å². The molecule has 35 heavy (non-hydrogen) atoms. The minimum Gasteiger partial charge on any atom is -0.497 e. The van der Waals surface area contributed by atoms with E-state index in [1.165, 1.54) is 19.2 Å². The first kappa shape index (κ1) is 24.7. The van der Waals surface area contributed by atoms with E-state index < -0.39 is 4.92 Å². The van der Waals surface area contributed by atoms with Crippen LogP contribution in [0.5, 0.6) is 11.5 Å². The SMILES string of the molecule is COc1ccc(NC(=O)CN2CCN(C(=O)c3sc4cc([N+](=O)[O-])ccc4c3Cl)CC2)c(OC)c1. The molecule has 1 aliphatic heterocycles. The Hall–Kier alpha value is -3.41. The molecule has 0 unspecified atom stereocenters. The Morgan fingerprint density at radius 2 is 1.86 bits per heavy atom. The van der Waals surface area contributed by atoms with E-state index in [1.807, 2.05) is 4.90 Å². The Kier molecular flexibility index (Phi) is 7.39. The second-order valence-corrected chi connectivity index (χ2v) is 9.30. The molecule has 1 aromatic heterocycles. The molecule has 0 atom stereocenters. The summed E-state index contributed by atoms with van der Waals surface area (Å²) in [6, 6.07) is 9.52. The summed E-state index contributed by atoms with van der Waals surface area (Å²) in [5, 5.41) is 14.8. The highest BCUT2D eigenvalue weighted by Gasteiger charge is 2.27. The van der Waals surface area contributed by atoms with Gasteiger partial charge in [0.15, 0.2) is 0 Å². The van der Waals surface area contributed by atoms with Crippen LogP contribution in [0.1, 0.15) is 9.67 Å². The Labute approximate surface area is 210 Å². The average molecular weight is 519 g/mol. The smallest absolute Gasteiger partial charge is 0.270 e. The number of non-ortho nitro benzene ring substituents is 1. The summed E-state index contributed by atoms with van der Waals surface area (Å²) in [7, 11) is 3.07. The standard InChI is InChI=1S/C23H23ClN4O6S/c1-33-15-4-6-17(18(12-15)34-2)25-20(29)13-26-7-9-27(10-8-26)23(30)22-21(24)16-5-3-14(28(31)32)11-19(16)35-22/h3-6,11-12H,7-10,13H2,1-2H3,(H,25,29). The fraction of sp³-hybridized carbons (Fsp3) is 0.304. The van der Waals surface area contributed by atoms with E-state index in [1.54, 1.807) is 36.3 Å². The molecule has 0 bridgehead atoms. The summed E-state index contributed by atoms with van der Waals surface area (Å²) in [4.78, 5) is 40.2. The molecular weight excluding hydrogens is 496 g/mol. The molecular formula is C23H23ClN4O6S. The minimum atomic E-state index is -0.478. The topological polar surface area (TPSA) is 114 Å². The van der Waals surface area contributed by atoms with Gasteiger partial charge in [-0.25, -0.2) is 0 Å². The Morgan fingerprint density at radius 1 is 1.11 bits per heavy atom. The highest BCUT2D eigenvalue weighted by molar-refractivity contribution is 7.21. The van der Waals surface area contributed by atoms with Gasteiger partial charge in [-0.15, -0.1) is 11.3 Å². The van der Waals surface area contributed by atoms with Crippen LogP contribution in [0.3, 0.4) is 0 Å². The van der Waals surface area contributed by atoms with Crippen molar-refractivity contribution in [2.24, 2.45) is 0 Å². The van der Waals surface area contributed by atoms with Gasteiger partial charge >= 0.3 is 0 Å². The number of carbonyl (C=O) groups excluding carboxylic acids is 2. The number of anilines is 1. The molecule has 1 saturated heterocycles. The number of carbonyl (C=O) groups is 2. The van der Waals surface area contributed by atoms with Crippen molar-refractivity contribution in [1.82, 2.24) is 9.80 Å². The summed E-state index contributed by atoms with van der Waals surface area (Å²) in [6.45, 7) is 2.08. The summed E-state index contributed by atoms with van der Waals surface area (Å²) in [6.07, 6.45) is 0. The van der Waals surface area contributed by atoms with E-state index in [2.05, 4.69) is 5.32 Å². The molecule has 1 aliphatic rings. The number of nitro benzene ring substituents is 1. The van der Waals surface area contributed by atoms with Crippen LogP contribution in [-0.2, 0) is 4.79 Å². The van der Waals surface area contributed by atoms with Gasteiger partial charge in [-0.3, -0.25) is 24.6 Å². The zero-order valence-electron chi connectivity index (χ0n) is 19.1. The van der Waals surface area contributed by atoms with Gasteiger partial charge in [-0.2, -0.15) is 0 Å². The number of amides is 2. The predicted molar refractivity (Wildman–Crippen MR) is 134 cm³/mol. The van der Waals surface area contributed by atoms with Gasteiger partial charge in [0, 0.05) is 54.5 Å². The maximum atomic E-state index is 13.1. The van der Waals surface area contributed by atoms with Gasteiger partial charge in [0.1, 0.15) is 16.4 Å². The largest absolute Gasteiger partial charge is 0.497 e. The summed E-state index contributed by atoms with van der Waals surface area (Å²) in [5.74, 6) is 0.713. The first-order valence-corrected chi connectivity index (χ1v) is 11.9. The molecule has 0 spiro atoms. The summed E-state index contributed by atoms with van der Waals surface area (Å²) in [5.41, 5.74) is 0.500. The first-order valence-electron chi connectivity index (χ1n) is 10.7. The van der Waals surface area contributed by atoms with Gasteiger partial charge in [-0.1, -0.05) is 11.6 Å². The summed E-state index contributed by atoms with van der Waals surface area (Å²) < 4.78 is 11.1. The second-order valence-electron chi connectivity index (χ2n) is 7.87. The number of thiophene rings is 1. The lowest BCUT2D eigenvalue weighted by atomic mass is 10.2. The molecule has 0 radical (unpaired) electrons. The molecule has 4 rings (SSSR count). The van der Waals surface area contributed by atoms with Crippen molar-refractivity contribution in [2.75, 3.05) is 52.3 Å². The molecule has 2 amide bonds. The number of piperazine rings is 1. The average Bonchev–Trinajstić information content (AvgIpc) is 3.19. The number of ether oxygens (including phenoxy) is 2. The summed E-state index contributed by atoms with van der Waals surface area (Å²) >= 11 is 7.58. The number of benzene rings is 2. The third-order valence-corrected chi connectivity index (χ3v) is 7.37. The van der Waals surface area contributed by atoms with Crippen molar-refractivity contribution in [3.63, 3.8) is 0 Å². The number of nitrogens with one attached hydrogen (secondary N) is 1. The van der Waals surface area contributed by atoms with E-state index in [-0.39, 0.29) is 24.0 Å². The first-order chi connectivity index (χ1) is 16.8. The highest BCUT2D eigenvalue weighted by Crippen LogP contribution is 2.38. The van der Waals surface area contributed by atoms with Crippen molar-refractivity contribution in [1.29, 1.82) is 0 Å². The van der Waals surface area contributed by atoms with E-state index in [9.17, 15) is 19.7 Å². The predicted octanol–water partition coefficient (Wildman–Crippen LogP) is 3.88. The van der Waals surface area contributed by atoms with Crippen molar-refractivity contribution in [3.8, 4) is 11.5 Å². The number of rotatable bonds is 7. The molecule has 184 valence electrons. The molecule has 3 aromatic rings. The maximum absolute atomic E-state index is 13.1. The Balaban J connectivity index is 1.36. The molecule has 1 N–H and O–H groups in total. The third kappa shape index (κ3) is 5.31. The van der Waals surface area contributed by atoms with E-state index in [0.717, 1.165) is 11.3 Å². The number of nitrogens with zero attached hydrogens (tertiary/aromatic N) is 3. The number of hydrogen-bond acceptors (Lipinski definition) is 8. The van der Waals surface area contributed by atoms with E-state index in [4.69, 9.17) is 21.1 Å². The molecule has 1 fully saturated rings. The minimum absolute atomic E-state index is 0.0476. The number of fused-ring (bicyclic) bond motifs is 1. The fourth-order valence-electron chi connectivity index (χ4n) is 3.85. The van der Waals surface area contributed by atoms with Crippen LogP contribution in [0.25, 0.3) is 10.1 Å². The molecule has 10 nitrogen and oxygen atoms in total. The highest BCUT2D eigenvalue weighted by atomic mass is 35.5. The van der Waals surface area contributed by atoms with Crippen LogP contribution in [0.4, 0.5) is 11.4 Å². The quantitative estimate of drug-likeness (QED) is 0.373. The second kappa shape index (κ2) is 10.5. The van der Waals surface area contributed by atoms with Crippen LogP contribution < -0.4 is 14.8 Å². The van der Waals surface area contributed by atoms with Crippen LogP contribution >= 0.6 is 22.9 Å². The molecule has 2 heterocycles. The lowest BCUT2D eigenvalue weighted by Gasteiger charge is -2.34. The molecule has 12 heteroatoms. The normalized spacial score (nSPS) is 14.1. The van der Waals surface area contributed by atoms with Crippen molar-refractivity contribution < 1.29 is 24.0 Å². The van der Waals surface area contributed by atoms with Gasteiger partial charge in [-0.05, 0) is 18.2 Å². The van der Waals surface area contributed by atoms with Crippen molar-refractivity contribution in [3.05, 3.63) is 56.4 Å². The lowest BCUT2D eigenvalue weighted by Crippen LogP contribution is -2.50. The van der Waals surface area contributed by atoms with E-state index in [0.29, 0.717) is 63.4 Å². The maximum Gasteiger partial charge on any atom is 0.270 e. The number of hydrogen-bond donors (Lipinski definition) is 1. The van der Waals surface area contributed by atoms with Crippen molar-refractivity contribution in [2.45, 2.75) is 0 Å². The van der Waals surface area contributed by atoms with Gasteiger partial charge in [0.25, 0.3) is 11.6 Å². The molecule has 0 saturated carbocycles. The fourth-order valence-corrected chi connectivity index (χ4v) is 5.37. The molecule has 0 aliphatic carbocycles. The van der Waals surface area contributed by atoms with Gasteiger partial charge in [0.2, 0.25) is 5.91 Å². The molecule has 2 aromatic carbocycles. The van der Waals surface area contributed by atoms with Crippen molar-refractivity contribution >= 4 is 56.2 Å². The zero-order chi connectivity index (χ0) is 25.1. The Morgan fingerprint density at radius 3 is 2.51 bits per heavy atom.